The summed E-state index contributed by atoms with van der Waals surface area (Å²) in [6.45, 7) is 17.0. The zero-order valence-corrected chi connectivity index (χ0v) is 69.7. The minimum Gasteiger partial charge on any atom is -0.496 e. The van der Waals surface area contributed by atoms with Gasteiger partial charge in [0.1, 0.15) is 17.1 Å². The number of para-hydroxylation sites is 6. The molecule has 0 bridgehead atoms. The van der Waals surface area contributed by atoms with Gasteiger partial charge >= 0.3 is 20.4 Å². The molecule has 14 aromatic rings. The molecule has 0 atom stereocenters. The van der Waals surface area contributed by atoms with E-state index in [1.807, 2.05) is 60.8 Å². The Morgan fingerprint density at radius 1 is 0.397 bits per heavy atom. The summed E-state index contributed by atoms with van der Waals surface area (Å²) in [4.78, 5) is 37.1. The van der Waals surface area contributed by atoms with Gasteiger partial charge in [-0.1, -0.05) is 173 Å². The van der Waals surface area contributed by atoms with Crippen LogP contribution in [-0.2, 0) is 61.3 Å². The molecule has 0 aliphatic carbocycles. The van der Waals surface area contributed by atoms with Gasteiger partial charge in [-0.3, -0.25) is 24.0 Å². The number of rotatable bonds is 6. The summed E-state index contributed by atoms with van der Waals surface area (Å²) in [7, 11) is 0. The van der Waals surface area contributed by atoms with E-state index in [0.29, 0.717) is 11.5 Å². The molecule has 6 heterocycles. The molecule has 0 spiro atoms. The van der Waals surface area contributed by atoms with E-state index in [-0.39, 0.29) is 51.7 Å². The van der Waals surface area contributed by atoms with Crippen molar-refractivity contribution in [3.8, 4) is 247 Å². The van der Waals surface area contributed by atoms with Crippen LogP contribution in [0.25, 0.3) is 99.2 Å². The SMILES string of the molecule is C#CC#CC#CC#CC#CC#CC#CC#CC#CC#CC#CC#CC#CC#CC#CC#CC#CC.CC(=O)O.CC(=O)O.CC(C)(C)c1ccc(-c2ccccn2)[c-]c1Oc1[c-]c2c(cc1)c1ccccc1n1c3ccccc3nc21.CC(C)(C)c1ccc(-c2ccccn2)cc1Oc1ccc2c3ccccc3n3c4ccccc4nc3c2c1.[Pd+2].[Pd]. The van der Waals surface area contributed by atoms with Crippen LogP contribution in [0.4, 0.5) is 0 Å². The number of benzene rings is 8. The second-order valence-electron chi connectivity index (χ2n) is 26.6. The van der Waals surface area contributed by atoms with Crippen molar-refractivity contribution in [3.63, 3.8) is 0 Å². The third kappa shape index (κ3) is 25.7. The van der Waals surface area contributed by atoms with Crippen LogP contribution in [0.1, 0.15) is 73.4 Å². The Labute approximate surface area is 732 Å². The number of aliphatic carboxylic acids is 2. The number of carboxylic acid groups (broad SMARTS) is 2. The van der Waals surface area contributed by atoms with Gasteiger partial charge in [-0.25, -0.2) is 4.98 Å². The van der Waals surface area contributed by atoms with Crippen molar-refractivity contribution in [1.82, 2.24) is 28.7 Å². The first-order valence-electron chi connectivity index (χ1n) is 36.3. The summed E-state index contributed by atoms with van der Waals surface area (Å²) in [6.07, 6.45) is 8.54. The van der Waals surface area contributed by atoms with Crippen LogP contribution in [-0.4, -0.2) is 50.9 Å². The second-order valence-corrected chi connectivity index (χ2v) is 26.6. The number of carboxylic acids is 2. The van der Waals surface area contributed by atoms with Gasteiger partial charge in [0, 0.05) is 180 Å². The molecule has 8 aromatic carbocycles. The largest absolute Gasteiger partial charge is 2.00 e. The number of fused-ring (bicyclic) bond motifs is 16. The van der Waals surface area contributed by atoms with Gasteiger partial charge in [-0.2, -0.15) is 0 Å². The number of hydrogen-bond donors (Lipinski definition) is 2. The van der Waals surface area contributed by atoms with Crippen molar-refractivity contribution in [3.05, 3.63) is 230 Å². The van der Waals surface area contributed by atoms with Crippen molar-refractivity contribution >= 4 is 88.7 Å². The molecule has 14 heteroatoms. The summed E-state index contributed by atoms with van der Waals surface area (Å²) in [6, 6.07) is 73.5. The van der Waals surface area contributed by atoms with E-state index in [9.17, 15) is 0 Å². The van der Waals surface area contributed by atoms with E-state index in [4.69, 9.17) is 45.7 Å². The molecule has 578 valence electrons. The number of imidazole rings is 2. The van der Waals surface area contributed by atoms with Gasteiger partial charge < -0.3 is 29.1 Å². The number of pyridine rings is 4. The van der Waals surface area contributed by atoms with Crippen molar-refractivity contribution in [2.45, 2.75) is 73.1 Å². The average Bonchev–Trinajstić information content (AvgIpc) is 1.61. The molecular weight excluding hydrogens is 1680 g/mol. The Balaban J connectivity index is 0.000000214. The molecule has 2 N–H and O–H groups in total. The summed E-state index contributed by atoms with van der Waals surface area (Å²) >= 11 is 0. The molecular formula is C107H64N6O6Pd2. The maximum Gasteiger partial charge on any atom is 2.00 e. The van der Waals surface area contributed by atoms with Gasteiger partial charge in [0.15, 0.2) is 0 Å². The van der Waals surface area contributed by atoms with Crippen LogP contribution in [0.15, 0.2) is 207 Å². The molecule has 121 heavy (non-hydrogen) atoms. The first-order valence-corrected chi connectivity index (χ1v) is 36.3. The van der Waals surface area contributed by atoms with E-state index in [1.165, 1.54) is 5.39 Å². The van der Waals surface area contributed by atoms with Gasteiger partial charge in [0.05, 0.1) is 38.9 Å². The number of aromatic nitrogens is 6. The predicted octanol–water partition coefficient (Wildman–Crippen LogP) is 18.4. The molecule has 14 rings (SSSR count). The van der Waals surface area contributed by atoms with Crippen molar-refractivity contribution in [1.29, 1.82) is 0 Å². The minimum atomic E-state index is -0.833. The van der Waals surface area contributed by atoms with E-state index in [0.717, 1.165) is 130 Å². The monoisotopic (exact) mass is 1740 g/mol. The van der Waals surface area contributed by atoms with Crippen LogP contribution in [0.2, 0.25) is 0 Å². The molecule has 0 unspecified atom stereocenters. The molecule has 0 saturated heterocycles. The fraction of sp³-hybridized carbons (Fsp3) is 0.103. The van der Waals surface area contributed by atoms with E-state index >= 15 is 0 Å². The summed E-state index contributed by atoms with van der Waals surface area (Å²) < 4.78 is 17.7. The van der Waals surface area contributed by atoms with E-state index in [1.54, 1.807) is 13.1 Å². The van der Waals surface area contributed by atoms with Crippen LogP contribution in [0.5, 0.6) is 23.0 Å². The Hall–Kier alpha value is -16.6. The van der Waals surface area contributed by atoms with Gasteiger partial charge in [-0.05, 0) is 208 Å². The third-order valence-electron chi connectivity index (χ3n) is 16.3. The van der Waals surface area contributed by atoms with Gasteiger partial charge in [-0.15, -0.1) is 30.2 Å². The molecule has 0 aliphatic heterocycles. The fourth-order valence-electron chi connectivity index (χ4n) is 11.6. The molecule has 0 amide bonds. The Morgan fingerprint density at radius 2 is 0.793 bits per heavy atom. The molecule has 0 fully saturated rings. The fourth-order valence-corrected chi connectivity index (χ4v) is 11.6. The van der Waals surface area contributed by atoms with Crippen molar-refractivity contribution in [2.75, 3.05) is 0 Å². The molecule has 12 nitrogen and oxygen atoms in total. The normalized spacial score (nSPS) is 9.12. The van der Waals surface area contributed by atoms with E-state index < -0.39 is 11.9 Å². The average molecular weight is 1740 g/mol. The topological polar surface area (TPSA) is 153 Å². The van der Waals surface area contributed by atoms with Crippen LogP contribution in [0.3, 0.4) is 0 Å². The zero-order valence-electron chi connectivity index (χ0n) is 66.6. The number of carbonyl (C=O) groups is 2. The van der Waals surface area contributed by atoms with Gasteiger partial charge in [0.2, 0.25) is 0 Å². The summed E-state index contributed by atoms with van der Waals surface area (Å²) in [5.74, 6) is 83.1. The Kier molecular flexibility index (Phi) is 33.8. The quantitative estimate of drug-likeness (QED) is 0.0712. The number of ether oxygens (including phenoxy) is 2. The zero-order chi connectivity index (χ0) is 84.2. The molecule has 0 aliphatic rings. The number of hydrogen-bond acceptors (Lipinski definition) is 8. The Morgan fingerprint density at radius 3 is 1.25 bits per heavy atom. The standard InChI is InChI=1S/C35H4.C34H27N3O.C34H25N3O.2C2H4O2.2Pd/c1-3-5-7-9-11-13-15-17-19-21-23-25-27-29-31-33-35-34-32-30-28-26-24-22-20-18-16-14-12-10-8-6-4-2;2*1-34(2,3)27-18-15-22(28-11-8-9-19-35-28)20-32(27)38-23-16-17-24-25-10-4-6-13-30(25)37-31-14-7-5-12-29(31)36-33(37)26(24)21-23;2*1-2(3)4;;/h1H,2H3;4-21H,1-3H3;4-19H,1-3H3;2*1H3,(H,3,4);;/q;;-2;;;;+2. The number of terminal acetylenes is 1. The first kappa shape index (κ1) is 89.9. The van der Waals surface area contributed by atoms with Crippen LogP contribution in [0, 0.1) is 214 Å². The predicted molar refractivity (Wildman–Crippen MR) is 476 cm³/mol. The molecule has 0 saturated carbocycles. The van der Waals surface area contributed by atoms with Crippen LogP contribution < -0.4 is 9.47 Å². The maximum absolute atomic E-state index is 9.00. The Bertz CT molecular complexity index is 7260. The molecule has 6 aromatic heterocycles. The molecule has 0 radical (unpaired) electrons. The smallest absolute Gasteiger partial charge is 0.496 e. The first-order chi connectivity index (χ1) is 57.8. The van der Waals surface area contributed by atoms with Gasteiger partial charge in [0.25, 0.3) is 11.9 Å². The summed E-state index contributed by atoms with van der Waals surface area (Å²) in [5, 5.41) is 21.4. The van der Waals surface area contributed by atoms with E-state index in [2.05, 4.69) is 407 Å². The summed E-state index contributed by atoms with van der Waals surface area (Å²) in [5.41, 5.74) is 13.9. The maximum atomic E-state index is 9.00. The van der Waals surface area contributed by atoms with Crippen molar-refractivity contribution < 1.29 is 70.1 Å². The number of nitrogens with zero attached hydrogens (tertiary/aromatic N) is 6. The van der Waals surface area contributed by atoms with Crippen LogP contribution >= 0.6 is 0 Å². The third-order valence-corrected chi connectivity index (χ3v) is 16.3. The second kappa shape index (κ2) is 45.5. The minimum absolute atomic E-state index is 0. The van der Waals surface area contributed by atoms with Crippen molar-refractivity contribution in [2.24, 2.45) is 0 Å².